The summed E-state index contributed by atoms with van der Waals surface area (Å²) in [5.74, 6) is -0.254. The maximum absolute atomic E-state index is 13.3. The second-order valence-corrected chi connectivity index (χ2v) is 6.24. The van der Waals surface area contributed by atoms with Crippen molar-refractivity contribution in [2.45, 2.75) is 13.1 Å². The van der Waals surface area contributed by atoms with Crippen LogP contribution in [0, 0.1) is 5.82 Å². The second-order valence-electron chi connectivity index (χ2n) is 6.24. The number of halogens is 1. The van der Waals surface area contributed by atoms with Crippen LogP contribution in [-0.4, -0.2) is 14.5 Å². The van der Waals surface area contributed by atoms with Crippen molar-refractivity contribution in [2.75, 3.05) is 0 Å². The van der Waals surface area contributed by atoms with Crippen LogP contribution in [0.4, 0.5) is 4.39 Å². The van der Waals surface area contributed by atoms with Gasteiger partial charge >= 0.3 is 0 Å². The summed E-state index contributed by atoms with van der Waals surface area (Å²) < 4.78 is 15.2. The molecule has 4 N–H and O–H groups in total. The van der Waals surface area contributed by atoms with Gasteiger partial charge in [-0.15, -0.1) is 0 Å². The molecule has 2 aromatic heterocycles. The number of nitrogens with one attached hydrogen (secondary N) is 2. The molecule has 5 nitrogen and oxygen atoms in total. The lowest BCUT2D eigenvalue weighted by Gasteiger charge is -2.18. The lowest BCUT2D eigenvalue weighted by Crippen LogP contribution is -2.29. The molecule has 6 heteroatoms. The minimum absolute atomic E-state index is 0.254. The number of rotatable bonds is 4. The fraction of sp³-hybridized carbons (Fsp3) is 0.0952. The van der Waals surface area contributed by atoms with Crippen LogP contribution >= 0.6 is 0 Å². The Bertz CT molecular complexity index is 1040. The van der Waals surface area contributed by atoms with Gasteiger partial charge < -0.3 is 20.6 Å². The van der Waals surface area contributed by atoms with E-state index in [1.807, 2.05) is 48.1 Å². The van der Waals surface area contributed by atoms with Crippen LogP contribution in [-0.2, 0) is 0 Å². The van der Waals surface area contributed by atoms with Gasteiger partial charge in [0.25, 0.3) is 0 Å². The highest BCUT2D eigenvalue weighted by Crippen LogP contribution is 2.30. The molecule has 4 rings (SSSR count). The Morgan fingerprint density at radius 2 is 2.04 bits per heavy atom. The number of aromatic amines is 1. The third-order valence-corrected chi connectivity index (χ3v) is 4.48. The van der Waals surface area contributed by atoms with E-state index in [9.17, 15) is 4.39 Å². The lowest BCUT2D eigenvalue weighted by atomic mass is 10.0. The summed E-state index contributed by atoms with van der Waals surface area (Å²) in [5, 5.41) is 3.09. The Kier molecular flexibility index (Phi) is 4.48. The van der Waals surface area contributed by atoms with Gasteiger partial charge in [-0.05, 0) is 36.8 Å². The molecule has 27 heavy (non-hydrogen) atoms. The first-order valence-electron chi connectivity index (χ1n) is 8.71. The first-order valence-corrected chi connectivity index (χ1v) is 8.71. The molecule has 1 aliphatic rings. The second kappa shape index (κ2) is 7.09. The van der Waals surface area contributed by atoms with Crippen LogP contribution in [0.25, 0.3) is 23.2 Å². The zero-order valence-electron chi connectivity index (χ0n) is 14.9. The van der Waals surface area contributed by atoms with Crippen molar-refractivity contribution in [3.63, 3.8) is 0 Å². The molecule has 1 aliphatic heterocycles. The maximum atomic E-state index is 13.3. The average molecular weight is 361 g/mol. The van der Waals surface area contributed by atoms with Gasteiger partial charge in [0.1, 0.15) is 17.7 Å². The topological polar surface area (TPSA) is 71.7 Å². The van der Waals surface area contributed by atoms with E-state index in [1.165, 1.54) is 12.1 Å². The summed E-state index contributed by atoms with van der Waals surface area (Å²) in [4.78, 5) is 7.94. The quantitative estimate of drug-likeness (QED) is 0.615. The maximum Gasteiger partial charge on any atom is 0.123 e. The van der Waals surface area contributed by atoms with Crippen LogP contribution in [0.3, 0.4) is 0 Å². The lowest BCUT2D eigenvalue weighted by molar-refractivity contribution is 0.610. The number of benzene rings is 1. The number of aromatic nitrogens is 3. The number of fused-ring (bicyclic) bond motifs is 1. The fourth-order valence-electron chi connectivity index (χ4n) is 3.16. The minimum atomic E-state index is -0.325. The monoisotopic (exact) mass is 361 g/mol. The van der Waals surface area contributed by atoms with Gasteiger partial charge in [0, 0.05) is 23.7 Å². The molecule has 3 aromatic rings. The highest BCUT2D eigenvalue weighted by molar-refractivity contribution is 5.80. The summed E-state index contributed by atoms with van der Waals surface area (Å²) in [6.45, 7) is 1.96. The van der Waals surface area contributed by atoms with Crippen molar-refractivity contribution in [3.05, 3.63) is 89.9 Å². The molecule has 0 spiro atoms. The molecule has 0 fully saturated rings. The van der Waals surface area contributed by atoms with Gasteiger partial charge in [0.05, 0.1) is 17.7 Å². The van der Waals surface area contributed by atoms with Gasteiger partial charge in [-0.25, -0.2) is 9.37 Å². The Morgan fingerprint density at radius 1 is 1.22 bits per heavy atom. The third kappa shape index (κ3) is 3.22. The summed E-state index contributed by atoms with van der Waals surface area (Å²) in [6.07, 6.45) is 11.0. The predicted octanol–water partition coefficient (Wildman–Crippen LogP) is 4.01. The molecule has 0 saturated carbocycles. The van der Waals surface area contributed by atoms with Crippen molar-refractivity contribution in [1.29, 1.82) is 0 Å². The normalized spacial score (nSPS) is 16.6. The van der Waals surface area contributed by atoms with E-state index in [4.69, 9.17) is 5.73 Å². The molecule has 3 heterocycles. The molecule has 1 atom stereocenters. The van der Waals surface area contributed by atoms with Crippen molar-refractivity contribution < 1.29 is 4.39 Å². The van der Waals surface area contributed by atoms with E-state index < -0.39 is 0 Å². The van der Waals surface area contributed by atoms with Crippen molar-refractivity contribution in [3.8, 4) is 11.4 Å². The molecule has 0 saturated heterocycles. The van der Waals surface area contributed by atoms with Crippen LogP contribution < -0.4 is 11.1 Å². The van der Waals surface area contributed by atoms with Gasteiger partial charge in [-0.2, -0.15) is 0 Å². The number of hydrogen-bond acceptors (Lipinski definition) is 3. The molecule has 0 radical (unpaired) electrons. The number of hydrogen-bond donors (Lipinski definition) is 3. The third-order valence-electron chi connectivity index (χ3n) is 4.48. The van der Waals surface area contributed by atoms with Crippen molar-refractivity contribution in [1.82, 2.24) is 19.9 Å². The summed E-state index contributed by atoms with van der Waals surface area (Å²) >= 11 is 0. The molecular formula is C21H20FN5. The smallest absolute Gasteiger partial charge is 0.123 e. The standard InChI is InChI=1S/C21H20FN5/c1-2-3-4-16(14-5-7-15(22)8-6-14)17-9-10-18(26-17)19-20-21(23)24-11-12-27(20)13-25-19/h2-13,21,24,26H,23H2,1H3/b3-2-,16-4-. The molecule has 1 unspecified atom stereocenters. The van der Waals surface area contributed by atoms with Gasteiger partial charge in [0.15, 0.2) is 0 Å². The zero-order valence-corrected chi connectivity index (χ0v) is 14.9. The molecular weight excluding hydrogens is 341 g/mol. The van der Waals surface area contributed by atoms with Crippen LogP contribution in [0.1, 0.15) is 30.0 Å². The molecule has 0 bridgehead atoms. The predicted molar refractivity (Wildman–Crippen MR) is 106 cm³/mol. The molecule has 1 aromatic carbocycles. The largest absolute Gasteiger partial charge is 0.370 e. The van der Waals surface area contributed by atoms with E-state index >= 15 is 0 Å². The summed E-state index contributed by atoms with van der Waals surface area (Å²) in [6, 6.07) is 10.5. The Morgan fingerprint density at radius 3 is 2.81 bits per heavy atom. The van der Waals surface area contributed by atoms with Gasteiger partial charge in [-0.3, -0.25) is 0 Å². The highest BCUT2D eigenvalue weighted by atomic mass is 19.1. The Balaban J connectivity index is 1.75. The van der Waals surface area contributed by atoms with E-state index in [2.05, 4.69) is 15.3 Å². The highest BCUT2D eigenvalue weighted by Gasteiger charge is 2.21. The van der Waals surface area contributed by atoms with Crippen LogP contribution in [0.15, 0.2) is 67.2 Å². The summed E-state index contributed by atoms with van der Waals surface area (Å²) in [7, 11) is 0. The number of H-pyrrole nitrogens is 1. The number of imidazole rings is 1. The van der Waals surface area contributed by atoms with Crippen LogP contribution in [0.5, 0.6) is 0 Å². The van der Waals surface area contributed by atoms with Gasteiger partial charge in [-0.1, -0.05) is 30.4 Å². The van der Waals surface area contributed by atoms with Gasteiger partial charge in [0.2, 0.25) is 0 Å². The molecule has 136 valence electrons. The molecule has 0 amide bonds. The summed E-state index contributed by atoms with van der Waals surface area (Å²) in [5.41, 5.74) is 11.6. The molecule has 0 aliphatic carbocycles. The minimum Gasteiger partial charge on any atom is -0.370 e. The number of nitrogens with two attached hydrogens (primary N) is 1. The van der Waals surface area contributed by atoms with E-state index in [0.717, 1.165) is 33.9 Å². The van der Waals surface area contributed by atoms with E-state index in [0.29, 0.717) is 0 Å². The van der Waals surface area contributed by atoms with Crippen molar-refractivity contribution >= 4 is 11.8 Å². The number of nitrogens with zero attached hydrogens (tertiary/aromatic N) is 2. The number of allylic oxidation sites excluding steroid dienone is 3. The Hall–Kier alpha value is -3.38. The first kappa shape index (κ1) is 17.1. The van der Waals surface area contributed by atoms with Crippen LogP contribution in [0.2, 0.25) is 0 Å². The average Bonchev–Trinajstić information content (AvgIpc) is 3.31. The van der Waals surface area contributed by atoms with Crippen molar-refractivity contribution in [2.24, 2.45) is 5.73 Å². The zero-order chi connectivity index (χ0) is 18.8. The van der Waals surface area contributed by atoms with E-state index in [1.54, 1.807) is 24.7 Å². The fourth-order valence-corrected chi connectivity index (χ4v) is 3.16. The Labute approximate surface area is 156 Å². The SMILES string of the molecule is C/C=C\C=C(\c1ccc(F)cc1)c1ccc(-c2ncn3c2C(N)NC=C3)[nH]1. The van der Waals surface area contributed by atoms with E-state index in [-0.39, 0.29) is 12.0 Å². The first-order chi connectivity index (χ1) is 13.2.